The molecule has 0 amide bonds. The van der Waals surface area contributed by atoms with Crippen molar-refractivity contribution in [2.45, 2.75) is 51.2 Å². The molecule has 3 unspecified atom stereocenters. The van der Waals surface area contributed by atoms with Crippen molar-refractivity contribution in [3.63, 3.8) is 0 Å². The van der Waals surface area contributed by atoms with Crippen LogP contribution in [0.15, 0.2) is 36.6 Å². The lowest BCUT2D eigenvalue weighted by Crippen LogP contribution is -2.16. The summed E-state index contributed by atoms with van der Waals surface area (Å²) in [6.07, 6.45) is 9.26. The number of hydrogen-bond donors (Lipinski definition) is 0. The minimum absolute atomic E-state index is 0.557. The molecule has 3 rings (SSSR count). The minimum Gasteiger partial charge on any atom is -0.501 e. The molecule has 0 radical (unpaired) electrons. The molecule has 20 heavy (non-hydrogen) atoms. The van der Waals surface area contributed by atoms with Crippen molar-refractivity contribution in [3.05, 3.63) is 42.2 Å². The number of hydrogen-bond acceptors (Lipinski definition) is 2. The molecular weight excluding hydrogens is 248 g/mol. The highest BCUT2D eigenvalue weighted by atomic mass is 16.5. The topological polar surface area (TPSA) is 18.5 Å². The summed E-state index contributed by atoms with van der Waals surface area (Å²) in [6.45, 7) is 2.91. The third-order valence-corrected chi connectivity index (χ3v) is 4.56. The lowest BCUT2D eigenvalue weighted by molar-refractivity contribution is 0.0897. The van der Waals surface area contributed by atoms with E-state index in [0.717, 1.165) is 18.9 Å². The smallest absolute Gasteiger partial charge is 0.0873 e. The van der Waals surface area contributed by atoms with E-state index in [1.165, 1.54) is 36.8 Å². The molecule has 0 N–H and O–H groups in total. The van der Waals surface area contributed by atoms with Crippen LogP contribution in [0.1, 0.15) is 44.6 Å². The van der Waals surface area contributed by atoms with Crippen LogP contribution < -0.4 is 0 Å². The first-order valence-electron chi connectivity index (χ1n) is 7.82. The lowest BCUT2D eigenvalue weighted by Gasteiger charge is -2.17. The van der Waals surface area contributed by atoms with Crippen LogP contribution in [-0.4, -0.2) is 18.8 Å². The number of fused-ring (bicyclic) bond motifs is 2. The number of rotatable bonds is 6. The summed E-state index contributed by atoms with van der Waals surface area (Å²) in [7, 11) is 0. The van der Waals surface area contributed by atoms with Gasteiger partial charge in [0, 0.05) is 0 Å². The van der Waals surface area contributed by atoms with Crippen molar-refractivity contribution < 1.29 is 9.47 Å². The van der Waals surface area contributed by atoms with Crippen molar-refractivity contribution in [1.82, 2.24) is 0 Å². The van der Waals surface area contributed by atoms with E-state index in [1.807, 2.05) is 12.3 Å². The SMILES string of the molecule is C/C(=C/OCCCC1CC2CCC1O2)c1ccccc1. The average Bonchev–Trinajstić information content (AvgIpc) is 3.10. The second-order valence-electron chi connectivity index (χ2n) is 6.05. The highest BCUT2D eigenvalue weighted by molar-refractivity contribution is 5.62. The van der Waals surface area contributed by atoms with Gasteiger partial charge in [0.2, 0.25) is 0 Å². The van der Waals surface area contributed by atoms with Gasteiger partial charge >= 0.3 is 0 Å². The predicted octanol–water partition coefficient (Wildman–Crippen LogP) is 4.41. The Labute approximate surface area is 121 Å². The Morgan fingerprint density at radius 3 is 2.85 bits per heavy atom. The van der Waals surface area contributed by atoms with E-state index in [-0.39, 0.29) is 0 Å². The highest BCUT2D eigenvalue weighted by Crippen LogP contribution is 2.40. The molecule has 108 valence electrons. The summed E-state index contributed by atoms with van der Waals surface area (Å²) < 4.78 is 11.6. The van der Waals surface area contributed by atoms with E-state index >= 15 is 0 Å². The molecule has 0 saturated carbocycles. The van der Waals surface area contributed by atoms with Gasteiger partial charge in [0.15, 0.2) is 0 Å². The van der Waals surface area contributed by atoms with Gasteiger partial charge in [-0.15, -0.1) is 0 Å². The standard InChI is InChI=1S/C18H24O2/c1-14(15-6-3-2-4-7-15)13-19-11-5-8-16-12-17-9-10-18(16)20-17/h2-4,6-7,13,16-18H,5,8-12H2,1H3/b14-13-. The number of ether oxygens (including phenoxy) is 2. The van der Waals surface area contributed by atoms with Gasteiger partial charge in [0.25, 0.3) is 0 Å². The molecule has 2 nitrogen and oxygen atoms in total. The fourth-order valence-electron chi connectivity index (χ4n) is 3.43. The van der Waals surface area contributed by atoms with Crippen molar-refractivity contribution in [2.75, 3.05) is 6.61 Å². The minimum atomic E-state index is 0.557. The average molecular weight is 272 g/mol. The van der Waals surface area contributed by atoms with E-state index in [2.05, 4.69) is 31.2 Å². The molecule has 1 aromatic rings. The van der Waals surface area contributed by atoms with Crippen molar-refractivity contribution in [1.29, 1.82) is 0 Å². The van der Waals surface area contributed by atoms with E-state index in [4.69, 9.17) is 9.47 Å². The fourth-order valence-corrected chi connectivity index (χ4v) is 3.43. The first-order valence-corrected chi connectivity index (χ1v) is 7.82. The third-order valence-electron chi connectivity index (χ3n) is 4.56. The Balaban J connectivity index is 1.36. The summed E-state index contributed by atoms with van der Waals surface area (Å²) in [5.74, 6) is 0.788. The summed E-state index contributed by atoms with van der Waals surface area (Å²) >= 11 is 0. The van der Waals surface area contributed by atoms with Crippen LogP contribution in [0, 0.1) is 5.92 Å². The highest BCUT2D eigenvalue weighted by Gasteiger charge is 2.39. The first-order chi connectivity index (χ1) is 9.83. The Hall–Kier alpha value is -1.28. The van der Waals surface area contributed by atoms with Gasteiger partial charge < -0.3 is 9.47 Å². The van der Waals surface area contributed by atoms with Crippen LogP contribution in [0.3, 0.4) is 0 Å². The summed E-state index contributed by atoms with van der Waals surface area (Å²) in [6, 6.07) is 10.4. The largest absolute Gasteiger partial charge is 0.501 e. The molecule has 0 spiro atoms. The Morgan fingerprint density at radius 1 is 1.30 bits per heavy atom. The van der Waals surface area contributed by atoms with E-state index < -0.39 is 0 Å². The van der Waals surface area contributed by atoms with Crippen LogP contribution in [-0.2, 0) is 9.47 Å². The molecule has 2 heteroatoms. The second kappa shape index (κ2) is 6.45. The molecule has 2 heterocycles. The quantitative estimate of drug-likeness (QED) is 0.564. The lowest BCUT2D eigenvalue weighted by atomic mass is 9.86. The fraction of sp³-hybridized carbons (Fsp3) is 0.556. The van der Waals surface area contributed by atoms with Gasteiger partial charge in [-0.1, -0.05) is 30.3 Å². The number of allylic oxidation sites excluding steroid dienone is 1. The van der Waals surface area contributed by atoms with E-state index in [0.29, 0.717) is 12.2 Å². The van der Waals surface area contributed by atoms with Gasteiger partial charge in [0.05, 0.1) is 25.1 Å². The van der Waals surface area contributed by atoms with Gasteiger partial charge in [-0.25, -0.2) is 0 Å². The van der Waals surface area contributed by atoms with Crippen LogP contribution in [0.25, 0.3) is 5.57 Å². The molecule has 3 atom stereocenters. The molecule has 2 saturated heterocycles. The third kappa shape index (κ3) is 3.24. The van der Waals surface area contributed by atoms with Crippen LogP contribution in [0.2, 0.25) is 0 Å². The molecule has 2 aliphatic rings. The molecule has 0 aliphatic carbocycles. The monoisotopic (exact) mass is 272 g/mol. The maximum absolute atomic E-state index is 5.89. The summed E-state index contributed by atoms with van der Waals surface area (Å²) in [5, 5.41) is 0. The van der Waals surface area contributed by atoms with Gasteiger partial charge in [0.1, 0.15) is 0 Å². The second-order valence-corrected chi connectivity index (χ2v) is 6.05. The zero-order valence-corrected chi connectivity index (χ0v) is 12.3. The Bertz CT molecular complexity index is 452. The van der Waals surface area contributed by atoms with Gasteiger partial charge in [-0.3, -0.25) is 0 Å². The predicted molar refractivity (Wildman–Crippen MR) is 81.3 cm³/mol. The van der Waals surface area contributed by atoms with Crippen molar-refractivity contribution >= 4 is 5.57 Å². The molecular formula is C18H24O2. The van der Waals surface area contributed by atoms with Crippen LogP contribution >= 0.6 is 0 Å². The molecule has 1 aromatic carbocycles. The first kappa shape index (κ1) is 13.7. The Kier molecular flexibility index (Phi) is 4.41. The van der Waals surface area contributed by atoms with Gasteiger partial charge in [-0.2, -0.15) is 0 Å². The maximum Gasteiger partial charge on any atom is 0.0873 e. The molecule has 2 fully saturated rings. The van der Waals surface area contributed by atoms with Gasteiger partial charge in [-0.05, 0) is 56.1 Å². The van der Waals surface area contributed by atoms with Crippen molar-refractivity contribution in [2.24, 2.45) is 5.92 Å². The van der Waals surface area contributed by atoms with Crippen molar-refractivity contribution in [3.8, 4) is 0 Å². The maximum atomic E-state index is 5.89. The Morgan fingerprint density at radius 2 is 2.15 bits per heavy atom. The number of benzene rings is 1. The molecule has 2 aliphatic heterocycles. The zero-order chi connectivity index (χ0) is 13.8. The van der Waals surface area contributed by atoms with Crippen LogP contribution in [0.4, 0.5) is 0 Å². The molecule has 2 bridgehead atoms. The summed E-state index contributed by atoms with van der Waals surface area (Å²) in [5.41, 5.74) is 2.42. The molecule has 0 aromatic heterocycles. The zero-order valence-electron chi connectivity index (χ0n) is 12.3. The normalized spacial score (nSPS) is 28.9. The summed E-state index contributed by atoms with van der Waals surface area (Å²) in [4.78, 5) is 0. The van der Waals surface area contributed by atoms with E-state index in [9.17, 15) is 0 Å². The van der Waals surface area contributed by atoms with Crippen LogP contribution in [0.5, 0.6) is 0 Å². The van der Waals surface area contributed by atoms with E-state index in [1.54, 1.807) is 0 Å².